The number of aliphatic carboxylic acids is 1. The highest BCUT2D eigenvalue weighted by Crippen LogP contribution is 2.19. The lowest BCUT2D eigenvalue weighted by Gasteiger charge is -2.35. The van der Waals surface area contributed by atoms with Crippen molar-refractivity contribution < 1.29 is 14.7 Å². The molecule has 86 valence electrons. The van der Waals surface area contributed by atoms with Gasteiger partial charge in [0.25, 0.3) is 0 Å². The third-order valence-electron chi connectivity index (χ3n) is 2.75. The van der Waals surface area contributed by atoms with Crippen molar-refractivity contribution >= 4 is 12.0 Å². The summed E-state index contributed by atoms with van der Waals surface area (Å²) >= 11 is 0. The van der Waals surface area contributed by atoms with Crippen LogP contribution in [0.15, 0.2) is 0 Å². The zero-order chi connectivity index (χ0) is 11.3. The van der Waals surface area contributed by atoms with E-state index in [-0.39, 0.29) is 18.6 Å². The fourth-order valence-electron chi connectivity index (χ4n) is 1.95. The summed E-state index contributed by atoms with van der Waals surface area (Å²) < 4.78 is 0. The minimum Gasteiger partial charge on any atom is -0.480 e. The zero-order valence-corrected chi connectivity index (χ0v) is 9.03. The second-order valence-corrected chi connectivity index (χ2v) is 3.80. The Labute approximate surface area is 89.4 Å². The van der Waals surface area contributed by atoms with Crippen LogP contribution in [0, 0.1) is 0 Å². The number of hydrogen-bond donors (Lipinski definition) is 2. The van der Waals surface area contributed by atoms with Crippen LogP contribution >= 0.6 is 0 Å². The third kappa shape index (κ3) is 3.42. The topological polar surface area (TPSA) is 69.6 Å². The molecule has 1 rings (SSSR count). The number of carbonyl (C=O) groups excluding carboxylic acids is 1. The monoisotopic (exact) mass is 214 g/mol. The molecule has 5 nitrogen and oxygen atoms in total. The second-order valence-electron chi connectivity index (χ2n) is 3.80. The van der Waals surface area contributed by atoms with Gasteiger partial charge in [-0.3, -0.25) is 4.79 Å². The summed E-state index contributed by atoms with van der Waals surface area (Å²) in [7, 11) is 0. The van der Waals surface area contributed by atoms with Crippen molar-refractivity contribution in [1.29, 1.82) is 0 Å². The van der Waals surface area contributed by atoms with E-state index >= 15 is 0 Å². The van der Waals surface area contributed by atoms with E-state index in [4.69, 9.17) is 5.11 Å². The molecule has 0 bridgehead atoms. The van der Waals surface area contributed by atoms with Crippen molar-refractivity contribution in [1.82, 2.24) is 10.2 Å². The highest BCUT2D eigenvalue weighted by atomic mass is 16.4. The van der Waals surface area contributed by atoms with Gasteiger partial charge in [-0.2, -0.15) is 0 Å². The Balaban J connectivity index is 2.44. The molecule has 0 radical (unpaired) electrons. The van der Waals surface area contributed by atoms with Crippen molar-refractivity contribution in [2.75, 3.05) is 13.1 Å². The Kier molecular flexibility index (Phi) is 4.39. The molecule has 2 amide bonds. The van der Waals surface area contributed by atoms with E-state index < -0.39 is 5.97 Å². The predicted molar refractivity (Wildman–Crippen MR) is 55.7 cm³/mol. The van der Waals surface area contributed by atoms with Crippen LogP contribution in [0.25, 0.3) is 0 Å². The molecule has 1 heterocycles. The normalized spacial score (nSPS) is 21.1. The number of urea groups is 1. The molecule has 1 aliphatic heterocycles. The minimum absolute atomic E-state index is 0.246. The Bertz CT molecular complexity index is 243. The molecule has 1 aliphatic rings. The fourth-order valence-corrected chi connectivity index (χ4v) is 1.95. The lowest BCUT2D eigenvalue weighted by molar-refractivity contribution is -0.135. The number of amides is 2. The van der Waals surface area contributed by atoms with Gasteiger partial charge in [-0.1, -0.05) is 6.92 Å². The SMILES string of the molecule is CCC1CCCCN1C(=O)NCC(=O)O. The summed E-state index contributed by atoms with van der Waals surface area (Å²) in [6, 6.07) is 0.0245. The number of carboxylic acid groups (broad SMARTS) is 1. The first-order valence-corrected chi connectivity index (χ1v) is 5.41. The first-order chi connectivity index (χ1) is 7.15. The molecule has 0 aromatic rings. The van der Waals surface area contributed by atoms with Gasteiger partial charge in [0.2, 0.25) is 0 Å². The molecular weight excluding hydrogens is 196 g/mol. The average Bonchev–Trinajstić information content (AvgIpc) is 2.25. The van der Waals surface area contributed by atoms with E-state index in [1.807, 2.05) is 6.92 Å². The Morgan fingerprint density at radius 2 is 2.20 bits per heavy atom. The summed E-state index contributed by atoms with van der Waals surface area (Å²) in [6.07, 6.45) is 4.12. The first-order valence-electron chi connectivity index (χ1n) is 5.41. The molecule has 0 spiro atoms. The maximum Gasteiger partial charge on any atom is 0.323 e. The summed E-state index contributed by atoms with van der Waals surface area (Å²) in [5.74, 6) is -1.01. The first kappa shape index (κ1) is 11.8. The second kappa shape index (κ2) is 5.58. The zero-order valence-electron chi connectivity index (χ0n) is 9.03. The fraction of sp³-hybridized carbons (Fsp3) is 0.800. The van der Waals surface area contributed by atoms with Gasteiger partial charge in [-0.05, 0) is 25.7 Å². The van der Waals surface area contributed by atoms with E-state index in [1.54, 1.807) is 4.90 Å². The number of hydrogen-bond acceptors (Lipinski definition) is 2. The highest BCUT2D eigenvalue weighted by Gasteiger charge is 2.25. The molecule has 0 saturated carbocycles. The van der Waals surface area contributed by atoms with Crippen LogP contribution in [0.1, 0.15) is 32.6 Å². The molecule has 0 aromatic heterocycles. The number of piperidine rings is 1. The summed E-state index contributed by atoms with van der Waals surface area (Å²) in [6.45, 7) is 2.49. The van der Waals surface area contributed by atoms with Gasteiger partial charge in [-0.25, -0.2) is 4.79 Å². The van der Waals surface area contributed by atoms with Gasteiger partial charge in [0.1, 0.15) is 6.54 Å². The van der Waals surface area contributed by atoms with Crippen LogP contribution in [0.4, 0.5) is 4.79 Å². The van der Waals surface area contributed by atoms with E-state index in [0.29, 0.717) is 0 Å². The van der Waals surface area contributed by atoms with Gasteiger partial charge >= 0.3 is 12.0 Å². The molecule has 1 fully saturated rings. The van der Waals surface area contributed by atoms with Crippen LogP contribution in [0.5, 0.6) is 0 Å². The molecular formula is C10H18N2O3. The minimum atomic E-state index is -1.01. The quantitative estimate of drug-likeness (QED) is 0.737. The van der Waals surface area contributed by atoms with Gasteiger partial charge in [0, 0.05) is 12.6 Å². The number of likely N-dealkylation sites (tertiary alicyclic amines) is 1. The van der Waals surface area contributed by atoms with Crippen molar-refractivity contribution in [3.63, 3.8) is 0 Å². The molecule has 0 aromatic carbocycles. The van der Waals surface area contributed by atoms with Crippen LogP contribution in [-0.4, -0.2) is 41.1 Å². The third-order valence-corrected chi connectivity index (χ3v) is 2.75. The highest BCUT2D eigenvalue weighted by molar-refractivity contribution is 5.80. The molecule has 0 aliphatic carbocycles. The molecule has 2 N–H and O–H groups in total. The Morgan fingerprint density at radius 3 is 2.80 bits per heavy atom. The molecule has 1 atom stereocenters. The summed E-state index contributed by atoms with van der Waals surface area (Å²) in [4.78, 5) is 23.7. The lowest BCUT2D eigenvalue weighted by atomic mass is 10.0. The van der Waals surface area contributed by atoms with Crippen molar-refractivity contribution in [2.45, 2.75) is 38.6 Å². The maximum atomic E-state index is 11.6. The van der Waals surface area contributed by atoms with E-state index in [2.05, 4.69) is 5.32 Å². The van der Waals surface area contributed by atoms with Crippen molar-refractivity contribution in [3.05, 3.63) is 0 Å². The largest absolute Gasteiger partial charge is 0.480 e. The Morgan fingerprint density at radius 1 is 1.47 bits per heavy atom. The van der Waals surface area contributed by atoms with E-state index in [9.17, 15) is 9.59 Å². The summed E-state index contributed by atoms with van der Waals surface area (Å²) in [5.41, 5.74) is 0. The van der Waals surface area contributed by atoms with Gasteiger partial charge in [0.15, 0.2) is 0 Å². The van der Waals surface area contributed by atoms with Crippen LogP contribution in [0.2, 0.25) is 0 Å². The van der Waals surface area contributed by atoms with Gasteiger partial charge in [-0.15, -0.1) is 0 Å². The molecule has 5 heteroatoms. The molecule has 1 saturated heterocycles. The van der Waals surface area contributed by atoms with E-state index in [1.165, 1.54) is 0 Å². The number of rotatable bonds is 3. The number of nitrogens with zero attached hydrogens (tertiary/aromatic N) is 1. The van der Waals surface area contributed by atoms with Crippen LogP contribution < -0.4 is 5.32 Å². The number of carboxylic acids is 1. The molecule has 1 unspecified atom stereocenters. The standard InChI is InChI=1S/C10H18N2O3/c1-2-8-5-3-4-6-12(8)10(15)11-7-9(13)14/h8H,2-7H2,1H3,(H,11,15)(H,13,14). The smallest absolute Gasteiger partial charge is 0.323 e. The van der Waals surface area contributed by atoms with Gasteiger partial charge < -0.3 is 15.3 Å². The van der Waals surface area contributed by atoms with Crippen LogP contribution in [0.3, 0.4) is 0 Å². The summed E-state index contributed by atoms with van der Waals surface area (Å²) in [5, 5.41) is 10.9. The average molecular weight is 214 g/mol. The maximum absolute atomic E-state index is 11.6. The van der Waals surface area contributed by atoms with Crippen molar-refractivity contribution in [2.24, 2.45) is 0 Å². The lowest BCUT2D eigenvalue weighted by Crippen LogP contribution is -2.49. The van der Waals surface area contributed by atoms with Gasteiger partial charge in [0.05, 0.1) is 0 Å². The predicted octanol–water partition coefficient (Wildman–Crippen LogP) is 1.05. The van der Waals surface area contributed by atoms with E-state index in [0.717, 1.165) is 32.2 Å². The Hall–Kier alpha value is -1.26. The van der Waals surface area contributed by atoms with Crippen molar-refractivity contribution in [3.8, 4) is 0 Å². The van der Waals surface area contributed by atoms with Crippen LogP contribution in [-0.2, 0) is 4.79 Å². The molecule has 15 heavy (non-hydrogen) atoms. The number of nitrogens with one attached hydrogen (secondary N) is 1. The number of carbonyl (C=O) groups is 2.